The standard InChI is InChI=1S/C18H27N3O2.HI/c1-4-19-18(21-15-8-5-6-9-15)20-13-14(2)23-17-11-7-10-16(12-17)22-3;/h5-7,10-12,14-15H,4,8-9,13H2,1-3H3,(H2,19,20,21);1H. The number of nitrogens with zero attached hydrogens (tertiary/aromatic N) is 1. The van der Waals surface area contributed by atoms with E-state index in [2.05, 4.69) is 34.7 Å². The summed E-state index contributed by atoms with van der Waals surface area (Å²) in [6.45, 7) is 5.52. The Balaban J connectivity index is 0.00000288. The zero-order valence-corrected chi connectivity index (χ0v) is 16.9. The average Bonchev–Trinajstić information content (AvgIpc) is 3.06. The van der Waals surface area contributed by atoms with E-state index in [9.17, 15) is 0 Å². The van der Waals surface area contributed by atoms with Crippen molar-refractivity contribution in [3.8, 4) is 11.5 Å². The van der Waals surface area contributed by atoms with Crippen LogP contribution in [0.25, 0.3) is 0 Å². The molecule has 2 N–H and O–H groups in total. The lowest BCUT2D eigenvalue weighted by atomic mass is 10.2. The van der Waals surface area contributed by atoms with Crippen LogP contribution in [-0.2, 0) is 0 Å². The maximum absolute atomic E-state index is 5.90. The van der Waals surface area contributed by atoms with Gasteiger partial charge in [0.15, 0.2) is 5.96 Å². The summed E-state index contributed by atoms with van der Waals surface area (Å²) in [7, 11) is 1.65. The molecule has 1 atom stereocenters. The predicted octanol–water partition coefficient (Wildman–Crippen LogP) is 3.35. The Morgan fingerprint density at radius 2 is 2.00 bits per heavy atom. The fraction of sp³-hybridized carbons (Fsp3) is 0.500. The molecule has 5 nitrogen and oxygen atoms in total. The molecule has 2 rings (SSSR count). The van der Waals surface area contributed by atoms with Gasteiger partial charge in [-0.15, -0.1) is 24.0 Å². The molecular formula is C18H28IN3O2. The number of benzene rings is 1. The van der Waals surface area contributed by atoms with Gasteiger partial charge < -0.3 is 20.1 Å². The first-order valence-electron chi connectivity index (χ1n) is 8.21. The summed E-state index contributed by atoms with van der Waals surface area (Å²) in [5.74, 6) is 2.44. The van der Waals surface area contributed by atoms with E-state index in [1.807, 2.05) is 31.2 Å². The van der Waals surface area contributed by atoms with E-state index in [1.165, 1.54) is 0 Å². The molecule has 6 heteroatoms. The highest BCUT2D eigenvalue weighted by Gasteiger charge is 2.12. The fourth-order valence-electron chi connectivity index (χ4n) is 2.41. The predicted molar refractivity (Wildman–Crippen MR) is 110 cm³/mol. The SMILES string of the molecule is CCNC(=NCC(C)Oc1cccc(OC)c1)NC1CC=CC1.I. The van der Waals surface area contributed by atoms with Gasteiger partial charge in [0.2, 0.25) is 0 Å². The molecule has 1 aliphatic rings. The van der Waals surface area contributed by atoms with Gasteiger partial charge in [-0.3, -0.25) is 0 Å². The van der Waals surface area contributed by atoms with Gasteiger partial charge in [0, 0.05) is 18.7 Å². The molecule has 0 spiro atoms. The van der Waals surface area contributed by atoms with Crippen LogP contribution >= 0.6 is 24.0 Å². The Labute approximate surface area is 161 Å². The van der Waals surface area contributed by atoms with Crippen LogP contribution in [0.5, 0.6) is 11.5 Å². The largest absolute Gasteiger partial charge is 0.497 e. The van der Waals surface area contributed by atoms with Crippen LogP contribution in [0.1, 0.15) is 26.7 Å². The van der Waals surface area contributed by atoms with Gasteiger partial charge in [-0.2, -0.15) is 0 Å². The maximum Gasteiger partial charge on any atom is 0.191 e. The van der Waals surface area contributed by atoms with Crippen molar-refractivity contribution < 1.29 is 9.47 Å². The van der Waals surface area contributed by atoms with Crippen molar-refractivity contribution >= 4 is 29.9 Å². The number of halogens is 1. The monoisotopic (exact) mass is 445 g/mol. The van der Waals surface area contributed by atoms with E-state index in [-0.39, 0.29) is 30.1 Å². The number of guanidine groups is 1. The molecule has 1 aromatic rings. The molecule has 1 unspecified atom stereocenters. The first-order chi connectivity index (χ1) is 11.2. The van der Waals surface area contributed by atoms with Gasteiger partial charge in [0.1, 0.15) is 17.6 Å². The summed E-state index contributed by atoms with van der Waals surface area (Å²) >= 11 is 0. The van der Waals surface area contributed by atoms with Crippen LogP contribution in [0.4, 0.5) is 0 Å². The Morgan fingerprint density at radius 3 is 2.67 bits per heavy atom. The zero-order chi connectivity index (χ0) is 16.5. The Bertz CT molecular complexity index is 541. The van der Waals surface area contributed by atoms with Gasteiger partial charge in [-0.1, -0.05) is 18.2 Å². The molecule has 0 saturated carbocycles. The van der Waals surface area contributed by atoms with Crippen molar-refractivity contribution in [1.29, 1.82) is 0 Å². The third-order valence-electron chi connectivity index (χ3n) is 3.58. The molecule has 1 aliphatic carbocycles. The molecule has 134 valence electrons. The molecule has 24 heavy (non-hydrogen) atoms. The number of methoxy groups -OCH3 is 1. The number of hydrogen-bond donors (Lipinski definition) is 2. The van der Waals surface area contributed by atoms with Gasteiger partial charge >= 0.3 is 0 Å². The summed E-state index contributed by atoms with van der Waals surface area (Å²) in [5.41, 5.74) is 0. The van der Waals surface area contributed by atoms with Crippen LogP contribution in [0.2, 0.25) is 0 Å². The molecule has 0 bridgehead atoms. The summed E-state index contributed by atoms with van der Waals surface area (Å²) in [6.07, 6.45) is 6.51. The van der Waals surface area contributed by atoms with Gasteiger partial charge in [0.25, 0.3) is 0 Å². The van der Waals surface area contributed by atoms with Crippen LogP contribution in [0.15, 0.2) is 41.4 Å². The van der Waals surface area contributed by atoms with E-state index in [1.54, 1.807) is 7.11 Å². The zero-order valence-electron chi connectivity index (χ0n) is 14.6. The van der Waals surface area contributed by atoms with Crippen LogP contribution < -0.4 is 20.1 Å². The Kier molecular flexibility index (Phi) is 9.59. The highest BCUT2D eigenvalue weighted by molar-refractivity contribution is 14.0. The lowest BCUT2D eigenvalue weighted by Crippen LogP contribution is -2.43. The highest BCUT2D eigenvalue weighted by Crippen LogP contribution is 2.20. The summed E-state index contributed by atoms with van der Waals surface area (Å²) < 4.78 is 11.1. The van der Waals surface area contributed by atoms with Crippen LogP contribution in [0, 0.1) is 0 Å². The molecule has 0 heterocycles. The lowest BCUT2D eigenvalue weighted by molar-refractivity contribution is 0.229. The van der Waals surface area contributed by atoms with E-state index >= 15 is 0 Å². The second-order valence-electron chi connectivity index (χ2n) is 5.61. The van der Waals surface area contributed by atoms with E-state index in [4.69, 9.17) is 9.47 Å². The van der Waals surface area contributed by atoms with Crippen molar-refractivity contribution in [2.45, 2.75) is 38.8 Å². The minimum absolute atomic E-state index is 0. The third kappa shape index (κ3) is 6.98. The van der Waals surface area contributed by atoms with E-state index < -0.39 is 0 Å². The smallest absolute Gasteiger partial charge is 0.191 e. The van der Waals surface area contributed by atoms with E-state index in [0.717, 1.165) is 36.8 Å². The van der Waals surface area contributed by atoms with E-state index in [0.29, 0.717) is 12.6 Å². The first kappa shape index (κ1) is 20.6. The normalized spacial score (nSPS) is 15.5. The number of hydrogen-bond acceptors (Lipinski definition) is 3. The Hall–Kier alpha value is -1.44. The number of nitrogens with one attached hydrogen (secondary N) is 2. The van der Waals surface area contributed by atoms with Crippen LogP contribution in [-0.4, -0.2) is 38.3 Å². The third-order valence-corrected chi connectivity index (χ3v) is 3.58. The van der Waals surface area contributed by atoms with Crippen molar-refractivity contribution in [2.24, 2.45) is 4.99 Å². The van der Waals surface area contributed by atoms with Crippen molar-refractivity contribution in [1.82, 2.24) is 10.6 Å². The first-order valence-corrected chi connectivity index (χ1v) is 8.21. The molecule has 0 radical (unpaired) electrons. The highest BCUT2D eigenvalue weighted by atomic mass is 127. The Morgan fingerprint density at radius 1 is 1.29 bits per heavy atom. The quantitative estimate of drug-likeness (QED) is 0.293. The number of rotatable bonds is 7. The van der Waals surface area contributed by atoms with Crippen molar-refractivity contribution in [2.75, 3.05) is 20.2 Å². The molecule has 0 aromatic heterocycles. The minimum atomic E-state index is -0.0146. The number of aliphatic imine (C=N–C) groups is 1. The molecule has 0 saturated heterocycles. The van der Waals surface area contributed by atoms with Crippen LogP contribution in [0.3, 0.4) is 0 Å². The van der Waals surface area contributed by atoms with Crippen molar-refractivity contribution in [3.63, 3.8) is 0 Å². The molecular weight excluding hydrogens is 417 g/mol. The lowest BCUT2D eigenvalue weighted by Gasteiger charge is -2.18. The van der Waals surface area contributed by atoms with Gasteiger partial charge in [-0.05, 0) is 38.8 Å². The maximum atomic E-state index is 5.90. The van der Waals surface area contributed by atoms with Crippen molar-refractivity contribution in [3.05, 3.63) is 36.4 Å². The topological polar surface area (TPSA) is 54.9 Å². The fourth-order valence-corrected chi connectivity index (χ4v) is 2.41. The van der Waals surface area contributed by atoms with Gasteiger partial charge in [0.05, 0.1) is 13.7 Å². The summed E-state index contributed by atoms with van der Waals surface area (Å²) in [5, 5.41) is 6.74. The summed E-state index contributed by atoms with van der Waals surface area (Å²) in [4.78, 5) is 4.63. The molecule has 0 amide bonds. The second-order valence-corrected chi connectivity index (χ2v) is 5.61. The van der Waals surface area contributed by atoms with Gasteiger partial charge in [-0.25, -0.2) is 4.99 Å². The minimum Gasteiger partial charge on any atom is -0.497 e. The number of ether oxygens (including phenoxy) is 2. The summed E-state index contributed by atoms with van der Waals surface area (Å²) in [6, 6.07) is 8.08. The average molecular weight is 445 g/mol. The molecule has 0 aliphatic heterocycles. The molecule has 0 fully saturated rings. The second kappa shape index (κ2) is 11.2. The molecule has 1 aromatic carbocycles.